The van der Waals surface area contributed by atoms with E-state index in [1.165, 1.54) is 13.2 Å². The number of fused-ring (bicyclic) bond motifs is 3. The van der Waals surface area contributed by atoms with Gasteiger partial charge in [0.1, 0.15) is 11.4 Å². The summed E-state index contributed by atoms with van der Waals surface area (Å²) in [4.78, 5) is 42.9. The molecule has 5 rings (SSSR count). The van der Waals surface area contributed by atoms with Gasteiger partial charge in [0.15, 0.2) is 12.0 Å². The van der Waals surface area contributed by atoms with Crippen LogP contribution >= 0.6 is 11.3 Å². The SMILES string of the molecule is COC(=O)c1nc(C=O)ccc1-c1cc2c(cc1C(=O)Nc1ccc(CN)cc1)-c1sccc1CCO2. The maximum absolute atomic E-state index is 13.7. The number of esters is 1. The molecule has 3 heterocycles. The van der Waals surface area contributed by atoms with Gasteiger partial charge in [0.05, 0.1) is 13.7 Å². The molecule has 186 valence electrons. The van der Waals surface area contributed by atoms with Crippen LogP contribution in [-0.2, 0) is 17.7 Å². The minimum atomic E-state index is -0.723. The van der Waals surface area contributed by atoms with Crippen LogP contribution in [0.15, 0.2) is 60.0 Å². The lowest BCUT2D eigenvalue weighted by Crippen LogP contribution is -2.15. The molecule has 0 radical (unpaired) electrons. The molecular formula is C28H23N3O5S. The van der Waals surface area contributed by atoms with E-state index in [0.29, 0.717) is 47.6 Å². The van der Waals surface area contributed by atoms with Gasteiger partial charge >= 0.3 is 5.97 Å². The Bertz CT molecular complexity index is 1510. The third-order valence-electron chi connectivity index (χ3n) is 6.14. The molecule has 0 fully saturated rings. The second-order valence-corrected chi connectivity index (χ2v) is 9.28. The molecule has 0 aliphatic carbocycles. The number of hydrogen-bond donors (Lipinski definition) is 2. The topological polar surface area (TPSA) is 121 Å². The van der Waals surface area contributed by atoms with Crippen molar-refractivity contribution in [1.82, 2.24) is 4.98 Å². The number of pyridine rings is 1. The number of ether oxygens (including phenoxy) is 2. The maximum atomic E-state index is 13.7. The normalized spacial score (nSPS) is 11.9. The summed E-state index contributed by atoms with van der Waals surface area (Å²) in [6.45, 7) is 0.869. The van der Waals surface area contributed by atoms with E-state index in [4.69, 9.17) is 15.2 Å². The van der Waals surface area contributed by atoms with E-state index >= 15 is 0 Å². The van der Waals surface area contributed by atoms with Gasteiger partial charge in [-0.2, -0.15) is 0 Å². The predicted molar refractivity (Wildman–Crippen MR) is 141 cm³/mol. The summed E-state index contributed by atoms with van der Waals surface area (Å²) in [7, 11) is 1.23. The number of amides is 1. The minimum absolute atomic E-state index is 0.0705. The number of thiophene rings is 1. The van der Waals surface area contributed by atoms with Gasteiger partial charge in [-0.3, -0.25) is 9.59 Å². The van der Waals surface area contributed by atoms with Gasteiger partial charge in [0, 0.05) is 45.8 Å². The number of nitrogens with zero attached hydrogens (tertiary/aromatic N) is 1. The molecule has 0 atom stereocenters. The number of benzene rings is 2. The first kappa shape index (κ1) is 24.4. The Hall–Kier alpha value is -4.34. The number of methoxy groups -OCH3 is 1. The summed E-state index contributed by atoms with van der Waals surface area (Å²) in [6, 6.07) is 15.9. The van der Waals surface area contributed by atoms with Crippen LogP contribution in [0.4, 0.5) is 5.69 Å². The van der Waals surface area contributed by atoms with Crippen molar-refractivity contribution < 1.29 is 23.9 Å². The molecule has 0 unspecified atom stereocenters. The van der Waals surface area contributed by atoms with E-state index in [0.717, 1.165) is 28.0 Å². The van der Waals surface area contributed by atoms with Crippen LogP contribution in [0.2, 0.25) is 0 Å². The highest BCUT2D eigenvalue weighted by Crippen LogP contribution is 2.43. The summed E-state index contributed by atoms with van der Waals surface area (Å²) in [5, 5.41) is 4.95. The van der Waals surface area contributed by atoms with E-state index in [9.17, 15) is 14.4 Å². The highest BCUT2D eigenvalue weighted by Gasteiger charge is 2.26. The number of carbonyl (C=O) groups excluding carboxylic acids is 3. The smallest absolute Gasteiger partial charge is 0.357 e. The molecule has 1 aliphatic rings. The minimum Gasteiger partial charge on any atom is -0.493 e. The van der Waals surface area contributed by atoms with Crippen molar-refractivity contribution in [2.75, 3.05) is 19.0 Å². The quantitative estimate of drug-likeness (QED) is 0.283. The molecule has 0 saturated heterocycles. The van der Waals surface area contributed by atoms with Crippen LogP contribution in [0.1, 0.15) is 42.5 Å². The van der Waals surface area contributed by atoms with Crippen LogP contribution in [0.5, 0.6) is 5.75 Å². The van der Waals surface area contributed by atoms with Crippen molar-refractivity contribution in [2.45, 2.75) is 13.0 Å². The van der Waals surface area contributed by atoms with Gasteiger partial charge in [0.2, 0.25) is 0 Å². The van der Waals surface area contributed by atoms with Gasteiger partial charge in [0.25, 0.3) is 5.91 Å². The first-order valence-electron chi connectivity index (χ1n) is 11.5. The van der Waals surface area contributed by atoms with Crippen LogP contribution in [0, 0.1) is 0 Å². The van der Waals surface area contributed by atoms with Crippen molar-refractivity contribution in [3.8, 4) is 27.3 Å². The average Bonchev–Trinajstić information content (AvgIpc) is 3.33. The highest BCUT2D eigenvalue weighted by molar-refractivity contribution is 7.13. The van der Waals surface area contributed by atoms with Crippen LogP contribution < -0.4 is 15.8 Å². The van der Waals surface area contributed by atoms with Crippen molar-refractivity contribution in [1.29, 1.82) is 0 Å². The zero-order valence-corrected chi connectivity index (χ0v) is 20.8. The molecule has 8 nitrogen and oxygen atoms in total. The Morgan fingerprint density at radius 1 is 1.11 bits per heavy atom. The van der Waals surface area contributed by atoms with E-state index < -0.39 is 5.97 Å². The monoisotopic (exact) mass is 513 g/mol. The van der Waals surface area contributed by atoms with Crippen molar-refractivity contribution in [3.05, 3.63) is 88.1 Å². The van der Waals surface area contributed by atoms with E-state index in [-0.39, 0.29) is 17.3 Å². The Morgan fingerprint density at radius 3 is 2.65 bits per heavy atom. The van der Waals surface area contributed by atoms with Crippen molar-refractivity contribution in [3.63, 3.8) is 0 Å². The van der Waals surface area contributed by atoms with Gasteiger partial charge < -0.3 is 20.5 Å². The summed E-state index contributed by atoms with van der Waals surface area (Å²) < 4.78 is 11.0. The number of rotatable bonds is 6. The molecule has 2 aromatic carbocycles. The lowest BCUT2D eigenvalue weighted by molar-refractivity contribution is 0.0594. The van der Waals surface area contributed by atoms with E-state index in [2.05, 4.69) is 16.4 Å². The van der Waals surface area contributed by atoms with Crippen molar-refractivity contribution in [2.24, 2.45) is 5.73 Å². The molecular weight excluding hydrogens is 490 g/mol. The molecule has 2 aromatic heterocycles. The second kappa shape index (κ2) is 10.3. The summed E-state index contributed by atoms with van der Waals surface area (Å²) in [5.74, 6) is -0.509. The van der Waals surface area contributed by atoms with Gasteiger partial charge in [-0.1, -0.05) is 12.1 Å². The first-order valence-corrected chi connectivity index (χ1v) is 12.4. The zero-order valence-electron chi connectivity index (χ0n) is 19.9. The van der Waals surface area contributed by atoms with E-state index in [1.54, 1.807) is 41.7 Å². The summed E-state index contributed by atoms with van der Waals surface area (Å²) >= 11 is 1.58. The molecule has 0 bridgehead atoms. The fourth-order valence-electron chi connectivity index (χ4n) is 4.26. The number of aromatic nitrogens is 1. The summed E-state index contributed by atoms with van der Waals surface area (Å²) in [5.41, 5.74) is 10.3. The van der Waals surface area contributed by atoms with Gasteiger partial charge in [-0.25, -0.2) is 9.78 Å². The Labute approximate surface area is 217 Å². The number of aldehydes is 1. The number of anilines is 1. The molecule has 0 spiro atoms. The van der Waals surface area contributed by atoms with Gasteiger partial charge in [-0.05, 0) is 59.0 Å². The number of hydrogen-bond acceptors (Lipinski definition) is 8. The molecule has 4 aromatic rings. The molecule has 37 heavy (non-hydrogen) atoms. The van der Waals surface area contributed by atoms with Crippen molar-refractivity contribution >= 4 is 35.2 Å². The van der Waals surface area contributed by atoms with E-state index in [1.807, 2.05) is 17.5 Å². The Morgan fingerprint density at radius 2 is 1.92 bits per heavy atom. The number of carbonyl (C=O) groups is 3. The fourth-order valence-corrected chi connectivity index (χ4v) is 5.24. The lowest BCUT2D eigenvalue weighted by Gasteiger charge is -2.17. The summed E-state index contributed by atoms with van der Waals surface area (Å²) in [6.07, 6.45) is 1.29. The molecule has 3 N–H and O–H groups in total. The fraction of sp³-hybridized carbons (Fsp3) is 0.143. The predicted octanol–water partition coefficient (Wildman–Crippen LogP) is 4.72. The third kappa shape index (κ3) is 4.74. The zero-order chi connectivity index (χ0) is 25.9. The molecule has 1 amide bonds. The largest absolute Gasteiger partial charge is 0.493 e. The number of nitrogens with two attached hydrogens (primary N) is 1. The van der Waals surface area contributed by atoms with Crippen LogP contribution in [-0.4, -0.2) is 36.9 Å². The Kier molecular flexibility index (Phi) is 6.80. The van der Waals surface area contributed by atoms with Crippen LogP contribution in [0.3, 0.4) is 0 Å². The average molecular weight is 514 g/mol. The maximum Gasteiger partial charge on any atom is 0.357 e. The standard InChI is InChI=1S/C28H23N3O5S/c1-35-28(34)25-20(7-6-19(15-32)30-25)21-13-24-23(26-17(8-10-36-24)9-11-37-26)12-22(21)27(33)31-18-4-2-16(14-29)3-5-18/h2-7,9,11-13,15H,8,10,14,29H2,1H3,(H,31,33). The second-order valence-electron chi connectivity index (χ2n) is 8.36. The third-order valence-corrected chi connectivity index (χ3v) is 7.13. The first-order chi connectivity index (χ1) is 18.0. The number of nitrogens with one attached hydrogen (secondary N) is 1. The molecule has 1 aliphatic heterocycles. The lowest BCUT2D eigenvalue weighted by atomic mass is 9.93. The molecule has 0 saturated carbocycles. The molecule has 9 heteroatoms. The Balaban J connectivity index is 1.70. The van der Waals surface area contributed by atoms with Gasteiger partial charge in [-0.15, -0.1) is 11.3 Å². The highest BCUT2D eigenvalue weighted by atomic mass is 32.1. The van der Waals surface area contributed by atoms with Crippen LogP contribution in [0.25, 0.3) is 21.6 Å².